The standard InChI is InChI=1S/C17H15ClFN3O2/c18-12-5-6-16-21-13(11-22(16)10-12)9-20-17(23)7-8-24-15-4-2-1-3-14(15)19/h1-6,10-11H,7-9H2,(H,20,23). The van der Waals surface area contributed by atoms with Crippen molar-refractivity contribution in [3.8, 4) is 5.75 Å². The van der Waals surface area contributed by atoms with Crippen LogP contribution >= 0.6 is 11.6 Å². The summed E-state index contributed by atoms with van der Waals surface area (Å²) in [5.41, 5.74) is 1.48. The zero-order chi connectivity index (χ0) is 16.9. The second kappa shape index (κ2) is 7.31. The van der Waals surface area contributed by atoms with Gasteiger partial charge in [0.05, 0.1) is 30.3 Å². The first-order valence-corrected chi connectivity index (χ1v) is 7.77. The van der Waals surface area contributed by atoms with Gasteiger partial charge in [0.1, 0.15) is 5.65 Å². The molecule has 7 heteroatoms. The van der Waals surface area contributed by atoms with Crippen molar-refractivity contribution in [3.05, 3.63) is 65.3 Å². The van der Waals surface area contributed by atoms with Crippen LogP contribution in [0.15, 0.2) is 48.8 Å². The molecule has 0 spiro atoms. The van der Waals surface area contributed by atoms with Gasteiger partial charge < -0.3 is 14.5 Å². The lowest BCUT2D eigenvalue weighted by atomic mass is 10.3. The lowest BCUT2D eigenvalue weighted by molar-refractivity contribution is -0.121. The van der Waals surface area contributed by atoms with Crippen LogP contribution in [0.1, 0.15) is 12.1 Å². The second-order valence-electron chi connectivity index (χ2n) is 5.15. The minimum absolute atomic E-state index is 0.105. The molecule has 0 aliphatic carbocycles. The molecule has 0 saturated heterocycles. The zero-order valence-corrected chi connectivity index (χ0v) is 13.5. The molecule has 0 bridgehead atoms. The Kier molecular flexibility index (Phi) is 4.96. The Morgan fingerprint density at radius 2 is 2.08 bits per heavy atom. The number of hydrogen-bond donors (Lipinski definition) is 1. The molecule has 1 N–H and O–H groups in total. The van der Waals surface area contributed by atoms with Crippen LogP contribution in [0.25, 0.3) is 5.65 Å². The summed E-state index contributed by atoms with van der Waals surface area (Å²) in [5.74, 6) is -0.495. The number of ether oxygens (including phenoxy) is 1. The number of rotatable bonds is 6. The topological polar surface area (TPSA) is 55.6 Å². The van der Waals surface area contributed by atoms with Crippen LogP contribution in [0.3, 0.4) is 0 Å². The van der Waals surface area contributed by atoms with E-state index in [2.05, 4.69) is 10.3 Å². The van der Waals surface area contributed by atoms with Crippen molar-refractivity contribution >= 4 is 23.2 Å². The summed E-state index contributed by atoms with van der Waals surface area (Å²) in [4.78, 5) is 16.2. The number of benzene rings is 1. The van der Waals surface area contributed by atoms with Gasteiger partial charge in [-0.15, -0.1) is 0 Å². The fraction of sp³-hybridized carbons (Fsp3) is 0.176. The average molecular weight is 348 g/mol. The summed E-state index contributed by atoms with van der Waals surface area (Å²) in [6.07, 6.45) is 3.68. The second-order valence-corrected chi connectivity index (χ2v) is 5.59. The number of nitrogens with one attached hydrogen (secondary N) is 1. The SMILES string of the molecule is O=C(CCOc1ccccc1F)NCc1cn2cc(Cl)ccc2n1. The van der Waals surface area contributed by atoms with Crippen LogP contribution in [0.2, 0.25) is 5.02 Å². The van der Waals surface area contributed by atoms with E-state index in [4.69, 9.17) is 16.3 Å². The molecule has 0 radical (unpaired) electrons. The van der Waals surface area contributed by atoms with E-state index >= 15 is 0 Å². The van der Waals surface area contributed by atoms with E-state index in [9.17, 15) is 9.18 Å². The predicted octanol–water partition coefficient (Wildman–Crippen LogP) is 3.21. The van der Waals surface area contributed by atoms with Crippen LogP contribution in [0.5, 0.6) is 5.75 Å². The van der Waals surface area contributed by atoms with Gasteiger partial charge in [-0.25, -0.2) is 9.37 Å². The van der Waals surface area contributed by atoms with Crippen LogP contribution in [0.4, 0.5) is 4.39 Å². The maximum absolute atomic E-state index is 13.4. The normalized spacial score (nSPS) is 10.8. The molecule has 0 unspecified atom stereocenters. The molecule has 5 nitrogen and oxygen atoms in total. The molecule has 3 aromatic rings. The number of imidazole rings is 1. The van der Waals surface area contributed by atoms with Crippen molar-refractivity contribution in [2.75, 3.05) is 6.61 Å². The summed E-state index contributed by atoms with van der Waals surface area (Å²) >= 11 is 5.92. The average Bonchev–Trinajstić information content (AvgIpc) is 2.97. The number of para-hydroxylation sites is 1. The van der Waals surface area contributed by atoms with E-state index in [1.807, 2.05) is 0 Å². The van der Waals surface area contributed by atoms with Gasteiger partial charge in [-0.2, -0.15) is 0 Å². The monoisotopic (exact) mass is 347 g/mol. The van der Waals surface area contributed by atoms with Gasteiger partial charge >= 0.3 is 0 Å². The van der Waals surface area contributed by atoms with Gasteiger partial charge in [0, 0.05) is 12.4 Å². The van der Waals surface area contributed by atoms with Gasteiger partial charge in [-0.05, 0) is 24.3 Å². The largest absolute Gasteiger partial charge is 0.490 e. The molecule has 0 atom stereocenters. The fourth-order valence-electron chi connectivity index (χ4n) is 2.20. The molecule has 24 heavy (non-hydrogen) atoms. The third kappa shape index (κ3) is 4.02. The van der Waals surface area contributed by atoms with Gasteiger partial charge in [-0.3, -0.25) is 4.79 Å². The van der Waals surface area contributed by atoms with E-state index in [1.165, 1.54) is 12.1 Å². The van der Waals surface area contributed by atoms with Crippen molar-refractivity contribution in [1.82, 2.24) is 14.7 Å². The molecule has 0 aliphatic rings. The lowest BCUT2D eigenvalue weighted by Crippen LogP contribution is -2.24. The van der Waals surface area contributed by atoms with Crippen molar-refractivity contribution in [2.24, 2.45) is 0 Å². The Morgan fingerprint density at radius 3 is 2.92 bits per heavy atom. The molecule has 2 aromatic heterocycles. The Balaban J connectivity index is 1.47. The van der Waals surface area contributed by atoms with Crippen molar-refractivity contribution in [1.29, 1.82) is 0 Å². The number of halogens is 2. The smallest absolute Gasteiger partial charge is 0.223 e. The van der Waals surface area contributed by atoms with Crippen molar-refractivity contribution in [2.45, 2.75) is 13.0 Å². The van der Waals surface area contributed by atoms with E-state index < -0.39 is 5.82 Å². The van der Waals surface area contributed by atoms with Crippen LogP contribution in [-0.4, -0.2) is 21.9 Å². The molecule has 1 amide bonds. The first-order chi connectivity index (χ1) is 11.6. The van der Waals surface area contributed by atoms with Gasteiger partial charge in [-0.1, -0.05) is 23.7 Å². The van der Waals surface area contributed by atoms with Crippen LogP contribution in [0, 0.1) is 5.82 Å². The third-order valence-electron chi connectivity index (χ3n) is 3.35. The molecule has 3 rings (SSSR count). The number of fused-ring (bicyclic) bond motifs is 1. The number of aromatic nitrogens is 2. The highest BCUT2D eigenvalue weighted by atomic mass is 35.5. The molecule has 0 fully saturated rings. The predicted molar refractivity (Wildman–Crippen MR) is 88.6 cm³/mol. The molecule has 124 valence electrons. The Bertz CT molecular complexity index is 866. The summed E-state index contributed by atoms with van der Waals surface area (Å²) in [6, 6.07) is 9.65. The molecule has 0 aliphatic heterocycles. The minimum atomic E-state index is -0.443. The maximum atomic E-state index is 13.4. The zero-order valence-electron chi connectivity index (χ0n) is 12.7. The Hall–Kier alpha value is -2.60. The lowest BCUT2D eigenvalue weighted by Gasteiger charge is -2.07. The van der Waals surface area contributed by atoms with Gasteiger partial charge in [0.2, 0.25) is 5.91 Å². The first kappa shape index (κ1) is 16.3. The quantitative estimate of drug-likeness (QED) is 0.745. The number of nitrogens with zero attached hydrogens (tertiary/aromatic N) is 2. The minimum Gasteiger partial charge on any atom is -0.490 e. The van der Waals surface area contributed by atoms with E-state index in [-0.39, 0.29) is 24.7 Å². The van der Waals surface area contributed by atoms with Crippen LogP contribution in [-0.2, 0) is 11.3 Å². The Morgan fingerprint density at radius 1 is 1.25 bits per heavy atom. The highest BCUT2D eigenvalue weighted by molar-refractivity contribution is 6.30. The summed E-state index contributed by atoms with van der Waals surface area (Å²) in [6.45, 7) is 0.408. The number of hydrogen-bond acceptors (Lipinski definition) is 3. The summed E-state index contributed by atoms with van der Waals surface area (Å²) in [7, 11) is 0. The van der Waals surface area contributed by atoms with Gasteiger partial charge in [0.25, 0.3) is 0 Å². The van der Waals surface area contributed by atoms with Crippen molar-refractivity contribution in [3.63, 3.8) is 0 Å². The highest BCUT2D eigenvalue weighted by Crippen LogP contribution is 2.15. The Labute approximate surface area is 143 Å². The number of pyridine rings is 1. The maximum Gasteiger partial charge on any atom is 0.223 e. The number of carbonyl (C=O) groups is 1. The van der Waals surface area contributed by atoms with E-state index in [0.717, 1.165) is 11.3 Å². The molecule has 2 heterocycles. The van der Waals surface area contributed by atoms with Gasteiger partial charge in [0.15, 0.2) is 11.6 Å². The fourth-order valence-corrected chi connectivity index (χ4v) is 2.36. The molecule has 0 saturated carbocycles. The first-order valence-electron chi connectivity index (χ1n) is 7.39. The van der Waals surface area contributed by atoms with E-state index in [0.29, 0.717) is 11.6 Å². The summed E-state index contributed by atoms with van der Waals surface area (Å²) < 4.78 is 20.4. The third-order valence-corrected chi connectivity index (χ3v) is 3.58. The molecular formula is C17H15ClFN3O2. The van der Waals surface area contributed by atoms with E-state index in [1.54, 1.807) is 41.1 Å². The number of amides is 1. The number of carbonyl (C=O) groups excluding carboxylic acids is 1. The molecular weight excluding hydrogens is 333 g/mol. The highest BCUT2D eigenvalue weighted by Gasteiger charge is 2.07. The summed E-state index contributed by atoms with van der Waals surface area (Å²) in [5, 5.41) is 3.37. The molecule has 1 aromatic carbocycles. The van der Waals surface area contributed by atoms with Crippen molar-refractivity contribution < 1.29 is 13.9 Å². The van der Waals surface area contributed by atoms with Crippen LogP contribution < -0.4 is 10.1 Å².